The Bertz CT molecular complexity index is 1470. The molecule has 1 saturated heterocycles. The molecular formula is C24H21ClF3N5O2. The van der Waals surface area contributed by atoms with Crippen molar-refractivity contribution in [2.45, 2.75) is 19.1 Å². The highest BCUT2D eigenvalue weighted by atomic mass is 35.5. The minimum Gasteiger partial charge on any atom is -0.368 e. The lowest BCUT2D eigenvalue weighted by atomic mass is 10.1. The fourth-order valence-electron chi connectivity index (χ4n) is 4.39. The predicted octanol–water partition coefficient (Wildman–Crippen LogP) is 4.29. The van der Waals surface area contributed by atoms with Crippen LogP contribution in [0.1, 0.15) is 12.0 Å². The summed E-state index contributed by atoms with van der Waals surface area (Å²) in [4.78, 5) is 36.6. The van der Waals surface area contributed by atoms with Crippen molar-refractivity contribution in [3.63, 3.8) is 0 Å². The van der Waals surface area contributed by atoms with Crippen molar-refractivity contribution in [1.82, 2.24) is 19.4 Å². The molecule has 0 spiro atoms. The van der Waals surface area contributed by atoms with E-state index in [-0.39, 0.29) is 24.4 Å². The first-order valence-corrected chi connectivity index (χ1v) is 11.4. The monoisotopic (exact) mass is 503 g/mol. The third kappa shape index (κ3) is 4.58. The lowest BCUT2D eigenvalue weighted by molar-refractivity contribution is -0.137. The van der Waals surface area contributed by atoms with E-state index in [0.29, 0.717) is 47.9 Å². The van der Waals surface area contributed by atoms with Crippen LogP contribution in [-0.4, -0.2) is 51.5 Å². The van der Waals surface area contributed by atoms with Crippen LogP contribution < -0.4 is 10.5 Å². The van der Waals surface area contributed by atoms with Gasteiger partial charge in [0.05, 0.1) is 11.9 Å². The molecule has 1 aliphatic rings. The van der Waals surface area contributed by atoms with E-state index >= 15 is 0 Å². The number of aromatic amines is 1. The van der Waals surface area contributed by atoms with Crippen molar-refractivity contribution in [2.75, 3.05) is 31.1 Å². The van der Waals surface area contributed by atoms with Crippen LogP contribution in [0.5, 0.6) is 0 Å². The van der Waals surface area contributed by atoms with Crippen molar-refractivity contribution < 1.29 is 18.0 Å². The molecular weight excluding hydrogens is 483 g/mol. The highest BCUT2D eigenvalue weighted by molar-refractivity contribution is 6.31. The van der Waals surface area contributed by atoms with E-state index in [1.165, 1.54) is 17.0 Å². The van der Waals surface area contributed by atoms with Gasteiger partial charge in [-0.15, -0.1) is 0 Å². The molecule has 1 aliphatic heterocycles. The molecule has 2 aromatic carbocycles. The number of H-pyrrole nitrogens is 1. The van der Waals surface area contributed by atoms with Crippen molar-refractivity contribution in [2.24, 2.45) is 0 Å². The maximum Gasteiger partial charge on any atom is 0.416 e. The van der Waals surface area contributed by atoms with Crippen LogP contribution >= 0.6 is 11.6 Å². The van der Waals surface area contributed by atoms with E-state index in [4.69, 9.17) is 11.6 Å². The first-order valence-electron chi connectivity index (χ1n) is 11.1. The average molecular weight is 504 g/mol. The largest absolute Gasteiger partial charge is 0.416 e. The Morgan fingerprint density at radius 3 is 2.60 bits per heavy atom. The molecule has 0 aliphatic carbocycles. The molecule has 7 nitrogen and oxygen atoms in total. The molecule has 0 atom stereocenters. The molecule has 35 heavy (non-hydrogen) atoms. The quantitative estimate of drug-likeness (QED) is 0.451. The second kappa shape index (κ2) is 8.92. The first kappa shape index (κ1) is 23.2. The molecule has 5 rings (SSSR count). The summed E-state index contributed by atoms with van der Waals surface area (Å²) in [5.41, 5.74) is 1.15. The van der Waals surface area contributed by atoms with Crippen molar-refractivity contribution in [3.05, 3.63) is 69.7 Å². The fraction of sp³-hybridized carbons (Fsp3) is 0.292. The van der Waals surface area contributed by atoms with Gasteiger partial charge in [0, 0.05) is 60.8 Å². The van der Waals surface area contributed by atoms with Crippen LogP contribution in [0, 0.1) is 0 Å². The Hall–Kier alpha value is -3.53. The molecule has 182 valence electrons. The van der Waals surface area contributed by atoms with E-state index in [9.17, 15) is 22.8 Å². The Labute approximate surface area is 202 Å². The van der Waals surface area contributed by atoms with Crippen molar-refractivity contribution in [3.8, 4) is 0 Å². The molecule has 0 radical (unpaired) electrons. The minimum absolute atomic E-state index is 0.114. The average Bonchev–Trinajstić information content (AvgIpc) is 3.22. The number of hydrogen-bond donors (Lipinski definition) is 1. The molecule has 11 heteroatoms. The molecule has 3 heterocycles. The Kier molecular flexibility index (Phi) is 5.92. The number of nitrogens with zero attached hydrogens (tertiary/aromatic N) is 4. The molecule has 0 bridgehead atoms. The minimum atomic E-state index is -4.40. The zero-order valence-electron chi connectivity index (χ0n) is 18.5. The van der Waals surface area contributed by atoms with Crippen LogP contribution in [0.25, 0.3) is 21.9 Å². The van der Waals surface area contributed by atoms with Crippen molar-refractivity contribution >= 4 is 45.1 Å². The maximum absolute atomic E-state index is 13.0. The molecule has 1 amide bonds. The highest BCUT2D eigenvalue weighted by Crippen LogP contribution is 2.32. The number of aryl methyl sites for hydroxylation is 1. The van der Waals surface area contributed by atoms with Crippen LogP contribution in [0.2, 0.25) is 5.02 Å². The Balaban J connectivity index is 1.23. The molecule has 1 N–H and O–H groups in total. The number of fused-ring (bicyclic) bond motifs is 3. The number of alkyl halides is 3. The summed E-state index contributed by atoms with van der Waals surface area (Å²) >= 11 is 6.06. The number of aromatic nitrogens is 3. The Morgan fingerprint density at radius 1 is 1.09 bits per heavy atom. The lowest BCUT2D eigenvalue weighted by Gasteiger charge is -2.36. The normalized spacial score (nSPS) is 14.7. The van der Waals surface area contributed by atoms with Gasteiger partial charge in [0.1, 0.15) is 11.0 Å². The molecule has 1 fully saturated rings. The summed E-state index contributed by atoms with van der Waals surface area (Å²) in [5, 5.41) is 1.30. The molecule has 0 unspecified atom stereocenters. The predicted molar refractivity (Wildman–Crippen MR) is 128 cm³/mol. The van der Waals surface area contributed by atoms with Crippen LogP contribution in [0.3, 0.4) is 0 Å². The van der Waals surface area contributed by atoms with Gasteiger partial charge in [0.2, 0.25) is 5.91 Å². The SMILES string of the molecule is O=C(CCn1cnc2c([nH]c3ccc(Cl)cc32)c1=O)N1CCN(c2cccc(C(F)(F)F)c2)CC1. The second-order valence-corrected chi connectivity index (χ2v) is 8.88. The Morgan fingerprint density at radius 2 is 1.86 bits per heavy atom. The second-order valence-electron chi connectivity index (χ2n) is 8.45. The topological polar surface area (TPSA) is 74.2 Å². The molecule has 0 saturated carbocycles. The number of amides is 1. The van der Waals surface area contributed by atoms with Gasteiger partial charge in [-0.2, -0.15) is 13.2 Å². The number of hydrogen-bond acceptors (Lipinski definition) is 4. The number of halogens is 4. The van der Waals surface area contributed by atoms with Gasteiger partial charge < -0.3 is 14.8 Å². The first-order chi connectivity index (χ1) is 16.7. The van der Waals surface area contributed by atoms with Gasteiger partial charge in [0.25, 0.3) is 5.56 Å². The van der Waals surface area contributed by atoms with Crippen LogP contribution in [-0.2, 0) is 17.5 Å². The van der Waals surface area contributed by atoms with Crippen LogP contribution in [0.15, 0.2) is 53.6 Å². The van der Waals surface area contributed by atoms with Gasteiger partial charge >= 0.3 is 6.18 Å². The zero-order chi connectivity index (χ0) is 24.7. The molecule has 2 aromatic heterocycles. The highest BCUT2D eigenvalue weighted by Gasteiger charge is 2.31. The summed E-state index contributed by atoms with van der Waals surface area (Å²) in [6.07, 6.45) is -2.86. The third-order valence-electron chi connectivity index (χ3n) is 6.27. The van der Waals surface area contributed by atoms with Gasteiger partial charge in [-0.1, -0.05) is 17.7 Å². The maximum atomic E-state index is 13.0. The van der Waals surface area contributed by atoms with Gasteiger partial charge in [-0.3, -0.25) is 14.2 Å². The van der Waals surface area contributed by atoms with E-state index in [2.05, 4.69) is 9.97 Å². The molecule has 4 aromatic rings. The number of benzene rings is 2. The smallest absolute Gasteiger partial charge is 0.368 e. The van der Waals surface area contributed by atoms with E-state index in [1.807, 2.05) is 4.90 Å². The summed E-state index contributed by atoms with van der Waals surface area (Å²) in [6.45, 7) is 1.81. The van der Waals surface area contributed by atoms with Crippen LogP contribution in [0.4, 0.5) is 18.9 Å². The van der Waals surface area contributed by atoms with Crippen molar-refractivity contribution in [1.29, 1.82) is 0 Å². The van der Waals surface area contributed by atoms with Gasteiger partial charge in [-0.25, -0.2) is 4.98 Å². The third-order valence-corrected chi connectivity index (χ3v) is 6.51. The lowest BCUT2D eigenvalue weighted by Crippen LogP contribution is -2.49. The number of piperazine rings is 1. The number of anilines is 1. The van der Waals surface area contributed by atoms with E-state index in [1.54, 1.807) is 29.2 Å². The number of rotatable bonds is 4. The number of carbonyl (C=O) groups excluding carboxylic acids is 1. The summed E-state index contributed by atoms with van der Waals surface area (Å²) in [6, 6.07) is 10.5. The number of carbonyl (C=O) groups is 1. The van der Waals surface area contributed by atoms with Gasteiger partial charge in [-0.05, 0) is 36.4 Å². The zero-order valence-corrected chi connectivity index (χ0v) is 19.2. The summed E-state index contributed by atoms with van der Waals surface area (Å²) in [5.74, 6) is -0.121. The number of nitrogens with one attached hydrogen (secondary N) is 1. The van der Waals surface area contributed by atoms with E-state index < -0.39 is 11.7 Å². The van der Waals surface area contributed by atoms with E-state index in [0.717, 1.165) is 23.0 Å². The fourth-order valence-corrected chi connectivity index (χ4v) is 4.56. The van der Waals surface area contributed by atoms with Gasteiger partial charge in [0.15, 0.2) is 0 Å². The summed E-state index contributed by atoms with van der Waals surface area (Å²) < 4.78 is 40.4. The summed E-state index contributed by atoms with van der Waals surface area (Å²) in [7, 11) is 0. The standard InChI is InChI=1S/C24H21ClF3N5O2/c25-16-4-5-19-18(13-16)21-22(30-19)23(35)33(14-29-21)7-6-20(34)32-10-8-31(9-11-32)17-3-1-2-15(12-17)24(26,27)28/h1-5,12-14,30H,6-11H2.